The topological polar surface area (TPSA) is 37.3 Å². The summed E-state index contributed by atoms with van der Waals surface area (Å²) in [4.78, 5) is 10.2. The van der Waals surface area contributed by atoms with Gasteiger partial charge in [-0.15, -0.1) is 0 Å². The maximum absolute atomic E-state index is 10.2. The van der Waals surface area contributed by atoms with Crippen molar-refractivity contribution in [1.82, 2.24) is 0 Å². The SMILES string of the molecule is CCCCCCCCCCCC(=O)O.[GaH3]. The van der Waals surface area contributed by atoms with Crippen LogP contribution in [0.4, 0.5) is 0 Å². The van der Waals surface area contributed by atoms with E-state index in [1.807, 2.05) is 0 Å². The molecule has 0 saturated heterocycles. The number of hydrogen-bond acceptors (Lipinski definition) is 1. The van der Waals surface area contributed by atoms with Crippen molar-refractivity contribution < 1.29 is 9.90 Å². The van der Waals surface area contributed by atoms with E-state index in [0.717, 1.165) is 12.8 Å². The van der Waals surface area contributed by atoms with Gasteiger partial charge in [0.05, 0.1) is 0 Å². The van der Waals surface area contributed by atoms with Gasteiger partial charge >= 0.3 is 25.8 Å². The van der Waals surface area contributed by atoms with E-state index in [2.05, 4.69) is 6.92 Å². The van der Waals surface area contributed by atoms with Gasteiger partial charge in [-0.05, 0) is 6.42 Å². The van der Waals surface area contributed by atoms with E-state index in [-0.39, 0.29) is 19.8 Å². The Hall–Kier alpha value is 0.106. The average Bonchev–Trinajstić information content (AvgIpc) is 2.15. The predicted molar refractivity (Wildman–Crippen MR) is 69.4 cm³/mol. The van der Waals surface area contributed by atoms with E-state index in [0.29, 0.717) is 6.42 Å². The van der Waals surface area contributed by atoms with Crippen molar-refractivity contribution in [1.29, 1.82) is 0 Å². The molecule has 2 nitrogen and oxygen atoms in total. The van der Waals surface area contributed by atoms with E-state index < -0.39 is 5.97 Å². The second kappa shape index (κ2) is 14.1. The molecule has 1 N–H and O–H groups in total. The van der Waals surface area contributed by atoms with Crippen LogP contribution in [-0.2, 0) is 4.79 Å². The molecule has 0 atom stereocenters. The minimum atomic E-state index is -0.659. The van der Waals surface area contributed by atoms with Crippen LogP contribution in [0.2, 0.25) is 0 Å². The minimum absolute atomic E-state index is 0. The Balaban J connectivity index is 0. The summed E-state index contributed by atoms with van der Waals surface area (Å²) in [6.07, 6.45) is 11.5. The van der Waals surface area contributed by atoms with Crippen molar-refractivity contribution >= 4 is 25.8 Å². The van der Waals surface area contributed by atoms with Crippen LogP contribution in [0.1, 0.15) is 71.1 Å². The Labute approximate surface area is 107 Å². The molecule has 0 rings (SSSR count). The third-order valence-corrected chi connectivity index (χ3v) is 2.49. The molecule has 0 aliphatic carbocycles. The molecule has 0 aromatic carbocycles. The summed E-state index contributed by atoms with van der Waals surface area (Å²) in [6.45, 7) is 2.23. The normalized spacial score (nSPS) is 9.67. The zero-order chi connectivity index (χ0) is 10.6. The zero-order valence-corrected chi connectivity index (χ0v) is 9.43. The summed E-state index contributed by atoms with van der Waals surface area (Å²) in [6, 6.07) is 0. The number of aliphatic carboxylic acids is 1. The van der Waals surface area contributed by atoms with Crippen molar-refractivity contribution in [2.45, 2.75) is 71.1 Å². The molecule has 3 heteroatoms. The first-order chi connectivity index (χ1) is 6.77. The second-order valence-electron chi connectivity index (χ2n) is 3.97. The molecule has 0 heterocycles. The zero-order valence-electron chi connectivity index (χ0n) is 9.43. The van der Waals surface area contributed by atoms with Crippen molar-refractivity contribution in [2.75, 3.05) is 0 Å². The van der Waals surface area contributed by atoms with Crippen LogP contribution in [0.25, 0.3) is 0 Å². The molecule has 0 spiro atoms. The molecule has 0 aromatic heterocycles. The van der Waals surface area contributed by atoms with Crippen molar-refractivity contribution in [3.05, 3.63) is 0 Å². The number of carboxylic acids is 1. The van der Waals surface area contributed by atoms with Gasteiger partial charge in [-0.1, -0.05) is 58.3 Å². The molecule has 0 bridgehead atoms. The number of rotatable bonds is 10. The van der Waals surface area contributed by atoms with Gasteiger partial charge in [0, 0.05) is 6.42 Å². The molecule has 0 saturated carbocycles. The van der Waals surface area contributed by atoms with Gasteiger partial charge in [0.2, 0.25) is 0 Å². The van der Waals surface area contributed by atoms with Crippen molar-refractivity contribution in [2.24, 2.45) is 0 Å². The van der Waals surface area contributed by atoms with Gasteiger partial charge in [0.1, 0.15) is 0 Å². The van der Waals surface area contributed by atoms with Gasteiger partial charge in [0.15, 0.2) is 0 Å². The summed E-state index contributed by atoms with van der Waals surface area (Å²) in [5.41, 5.74) is 0. The average molecular weight is 273 g/mol. The van der Waals surface area contributed by atoms with Gasteiger partial charge in [-0.2, -0.15) is 0 Å². The fraction of sp³-hybridized carbons (Fsp3) is 0.917. The van der Waals surface area contributed by atoms with Crippen LogP contribution in [0.5, 0.6) is 0 Å². The monoisotopic (exact) mass is 272 g/mol. The molecule has 0 fully saturated rings. The second-order valence-corrected chi connectivity index (χ2v) is 3.97. The van der Waals surface area contributed by atoms with Crippen LogP contribution in [-0.4, -0.2) is 30.9 Å². The Morgan fingerprint density at radius 1 is 0.867 bits per heavy atom. The Kier molecular flexibility index (Phi) is 16.5. The van der Waals surface area contributed by atoms with Crippen LogP contribution >= 0.6 is 0 Å². The van der Waals surface area contributed by atoms with E-state index in [1.165, 1.54) is 44.9 Å². The van der Waals surface area contributed by atoms with Crippen molar-refractivity contribution in [3.63, 3.8) is 0 Å². The predicted octanol–water partition coefficient (Wildman–Crippen LogP) is 2.81. The van der Waals surface area contributed by atoms with Gasteiger partial charge in [0.25, 0.3) is 0 Å². The molecule has 0 aromatic rings. The standard InChI is InChI=1S/C12H24O2.Ga.3H/c1-2-3-4-5-6-7-8-9-10-11-12(13)14;;;;/h2-11H2,1H3,(H,13,14);;;;. The third kappa shape index (κ3) is 16.8. The van der Waals surface area contributed by atoms with E-state index in [1.54, 1.807) is 0 Å². The van der Waals surface area contributed by atoms with Crippen molar-refractivity contribution in [3.8, 4) is 0 Å². The van der Waals surface area contributed by atoms with Crippen LogP contribution in [0.15, 0.2) is 0 Å². The molecule has 0 radical (unpaired) electrons. The van der Waals surface area contributed by atoms with Crippen LogP contribution < -0.4 is 0 Å². The molecule has 90 valence electrons. The molecule has 0 aliphatic heterocycles. The molecule has 0 aliphatic rings. The van der Waals surface area contributed by atoms with E-state index in [4.69, 9.17) is 5.11 Å². The summed E-state index contributed by atoms with van der Waals surface area (Å²) in [7, 11) is 0. The Morgan fingerprint density at radius 3 is 1.67 bits per heavy atom. The number of hydrogen-bond donors (Lipinski definition) is 1. The third-order valence-electron chi connectivity index (χ3n) is 2.49. The first-order valence-electron chi connectivity index (χ1n) is 5.99. The number of carboxylic acid groups (broad SMARTS) is 1. The molecular formula is C12H27GaO2. The van der Waals surface area contributed by atoms with Gasteiger partial charge in [-0.3, -0.25) is 4.79 Å². The number of carbonyl (C=O) groups is 1. The molecule has 15 heavy (non-hydrogen) atoms. The summed E-state index contributed by atoms with van der Waals surface area (Å²) in [5, 5.41) is 8.41. The van der Waals surface area contributed by atoms with Gasteiger partial charge < -0.3 is 5.11 Å². The summed E-state index contributed by atoms with van der Waals surface area (Å²) >= 11 is 0. The van der Waals surface area contributed by atoms with Gasteiger partial charge in [-0.25, -0.2) is 0 Å². The molecular weight excluding hydrogens is 246 g/mol. The Bertz CT molecular complexity index is 138. The van der Waals surface area contributed by atoms with E-state index in [9.17, 15) is 4.79 Å². The van der Waals surface area contributed by atoms with Crippen LogP contribution in [0, 0.1) is 0 Å². The first kappa shape index (κ1) is 17.5. The van der Waals surface area contributed by atoms with Crippen LogP contribution in [0.3, 0.4) is 0 Å². The summed E-state index contributed by atoms with van der Waals surface area (Å²) < 4.78 is 0. The van der Waals surface area contributed by atoms with E-state index >= 15 is 0 Å². The Morgan fingerprint density at radius 2 is 1.27 bits per heavy atom. The molecule has 0 amide bonds. The molecule has 0 unspecified atom stereocenters. The maximum atomic E-state index is 10.2. The number of unbranched alkanes of at least 4 members (excludes halogenated alkanes) is 8. The fourth-order valence-electron chi connectivity index (χ4n) is 1.59. The quantitative estimate of drug-likeness (QED) is 0.491. The fourth-order valence-corrected chi connectivity index (χ4v) is 1.59. The summed E-state index contributed by atoms with van der Waals surface area (Å²) in [5.74, 6) is -0.659. The first-order valence-corrected chi connectivity index (χ1v) is 5.99.